The lowest BCUT2D eigenvalue weighted by atomic mass is 9.96. The molecule has 0 radical (unpaired) electrons. The predicted molar refractivity (Wildman–Crippen MR) is 143 cm³/mol. The van der Waals surface area contributed by atoms with Crippen LogP contribution in [0.4, 0.5) is 5.69 Å². The van der Waals surface area contributed by atoms with Crippen LogP contribution in [0.3, 0.4) is 0 Å². The lowest BCUT2D eigenvalue weighted by Crippen LogP contribution is -2.29. The van der Waals surface area contributed by atoms with Crippen LogP contribution in [0, 0.1) is 13.8 Å². The molecule has 4 heterocycles. The molecule has 1 aromatic carbocycles. The number of hydrogen-bond donors (Lipinski definition) is 1. The van der Waals surface area contributed by atoms with E-state index in [0.29, 0.717) is 15.9 Å². The van der Waals surface area contributed by atoms with E-state index in [1.54, 1.807) is 7.11 Å². The minimum atomic E-state index is -0.126. The highest BCUT2D eigenvalue weighted by atomic mass is 35.5. The van der Waals surface area contributed by atoms with Crippen molar-refractivity contribution < 1.29 is 4.74 Å². The summed E-state index contributed by atoms with van der Waals surface area (Å²) in [5, 5.41) is 4.69. The van der Waals surface area contributed by atoms with Gasteiger partial charge >= 0.3 is 0 Å². The number of hydrogen-bond acceptors (Lipinski definition) is 4. The largest absolute Gasteiger partial charge is 0.495 e. The van der Waals surface area contributed by atoms with Crippen LogP contribution in [0.1, 0.15) is 40.3 Å². The quantitative estimate of drug-likeness (QED) is 0.336. The number of ether oxygens (including phenoxy) is 1. The van der Waals surface area contributed by atoms with Crippen molar-refractivity contribution >= 4 is 34.6 Å². The van der Waals surface area contributed by atoms with Crippen LogP contribution in [-0.2, 0) is 6.54 Å². The molecule has 6 nitrogen and oxygen atoms in total. The second-order valence-corrected chi connectivity index (χ2v) is 9.38. The molecule has 0 aliphatic carbocycles. The van der Waals surface area contributed by atoms with Gasteiger partial charge in [-0.2, -0.15) is 0 Å². The van der Waals surface area contributed by atoms with E-state index in [1.807, 2.05) is 67.1 Å². The molecule has 1 aliphatic rings. The first kappa shape index (κ1) is 23.3. The number of nitrogens with one attached hydrogen (secondary N) is 1. The Morgan fingerprint density at radius 2 is 1.86 bits per heavy atom. The molecule has 8 heteroatoms. The highest BCUT2D eigenvalue weighted by Gasteiger charge is 2.42. The van der Waals surface area contributed by atoms with E-state index in [-0.39, 0.29) is 12.1 Å². The summed E-state index contributed by atoms with van der Waals surface area (Å²) in [4.78, 5) is 10.9. The van der Waals surface area contributed by atoms with Crippen molar-refractivity contribution in [3.8, 4) is 5.75 Å². The van der Waals surface area contributed by atoms with Gasteiger partial charge in [-0.15, -0.1) is 0 Å². The number of thiocarbonyl (C=S) groups is 1. The predicted octanol–water partition coefficient (Wildman–Crippen LogP) is 5.78. The third-order valence-electron chi connectivity index (χ3n) is 6.53. The second kappa shape index (κ2) is 9.68. The fourth-order valence-electron chi connectivity index (χ4n) is 4.80. The third-order valence-corrected chi connectivity index (χ3v) is 7.14. The van der Waals surface area contributed by atoms with E-state index in [2.05, 4.69) is 44.7 Å². The molecule has 4 aromatic rings. The highest BCUT2D eigenvalue weighted by molar-refractivity contribution is 7.80. The van der Waals surface area contributed by atoms with Gasteiger partial charge in [0.2, 0.25) is 0 Å². The molecule has 0 amide bonds. The van der Waals surface area contributed by atoms with Gasteiger partial charge < -0.3 is 19.5 Å². The average Bonchev–Trinajstić information content (AvgIpc) is 3.36. The molecule has 0 bridgehead atoms. The first-order chi connectivity index (χ1) is 17.0. The van der Waals surface area contributed by atoms with Gasteiger partial charge in [0.1, 0.15) is 5.75 Å². The summed E-state index contributed by atoms with van der Waals surface area (Å²) in [7, 11) is 1.61. The van der Waals surface area contributed by atoms with Crippen molar-refractivity contribution in [2.24, 2.45) is 0 Å². The van der Waals surface area contributed by atoms with Gasteiger partial charge in [0.15, 0.2) is 5.11 Å². The Hall–Kier alpha value is -3.42. The van der Waals surface area contributed by atoms with E-state index in [9.17, 15) is 0 Å². The molecule has 1 aliphatic heterocycles. The summed E-state index contributed by atoms with van der Waals surface area (Å²) >= 11 is 12.4. The van der Waals surface area contributed by atoms with Crippen molar-refractivity contribution in [3.05, 3.63) is 106 Å². The Morgan fingerprint density at radius 1 is 1.06 bits per heavy atom. The number of halogens is 1. The molecule has 0 saturated carbocycles. The maximum absolute atomic E-state index is 6.52. The molecule has 0 spiro atoms. The van der Waals surface area contributed by atoms with Gasteiger partial charge in [0.05, 0.1) is 29.9 Å². The fourth-order valence-corrected chi connectivity index (χ4v) is 5.39. The first-order valence-electron chi connectivity index (χ1n) is 11.4. The van der Waals surface area contributed by atoms with E-state index in [4.69, 9.17) is 28.6 Å². The maximum atomic E-state index is 6.52. The van der Waals surface area contributed by atoms with Crippen molar-refractivity contribution in [3.63, 3.8) is 0 Å². The summed E-state index contributed by atoms with van der Waals surface area (Å²) in [6.07, 6.45) is 5.47. The van der Waals surface area contributed by atoms with Crippen LogP contribution in [-0.4, -0.2) is 26.8 Å². The number of nitrogens with zero attached hydrogens (tertiary/aromatic N) is 4. The van der Waals surface area contributed by atoms with Crippen LogP contribution in [0.5, 0.6) is 5.75 Å². The highest BCUT2D eigenvalue weighted by Crippen LogP contribution is 2.44. The standard InChI is InChI=1S/C27H26ClN5OS/c1-17-14-21(18(2)32(17)16-19-9-12-29-13-10-19)26-25(23-6-4-5-11-30-23)31-27(35)33(26)20-7-8-24(34-3)22(28)15-20/h4-15,25-26H,16H2,1-3H3,(H,31,35)/t25-,26-/m1/s1. The van der Waals surface area contributed by atoms with E-state index in [0.717, 1.165) is 17.9 Å². The fraction of sp³-hybridized carbons (Fsp3) is 0.222. The normalized spacial score (nSPS) is 17.5. The third kappa shape index (κ3) is 4.37. The zero-order chi connectivity index (χ0) is 24.5. The van der Waals surface area contributed by atoms with Gasteiger partial charge in [-0.3, -0.25) is 9.97 Å². The molecule has 0 unspecified atom stereocenters. The Kier molecular flexibility index (Phi) is 6.45. The number of aromatic nitrogens is 3. The van der Waals surface area contributed by atoms with Crippen molar-refractivity contribution in [2.75, 3.05) is 12.0 Å². The number of pyridine rings is 2. The van der Waals surface area contributed by atoms with Gasteiger partial charge in [-0.1, -0.05) is 17.7 Å². The van der Waals surface area contributed by atoms with Gasteiger partial charge in [0, 0.05) is 42.2 Å². The SMILES string of the molecule is COc1ccc(N2C(=S)N[C@H](c3ccccn3)[C@H]2c2cc(C)n(Cc3ccncc3)c2C)cc1Cl. The molecule has 1 saturated heterocycles. The maximum Gasteiger partial charge on any atom is 0.174 e. The average molecular weight is 504 g/mol. The Balaban J connectivity index is 1.62. The number of anilines is 1. The Bertz CT molecular complexity index is 1360. The summed E-state index contributed by atoms with van der Waals surface area (Å²) < 4.78 is 7.70. The molecule has 2 atom stereocenters. The summed E-state index contributed by atoms with van der Waals surface area (Å²) in [5.74, 6) is 0.627. The lowest BCUT2D eigenvalue weighted by Gasteiger charge is -2.28. The number of benzene rings is 1. The van der Waals surface area contributed by atoms with Crippen molar-refractivity contribution in [1.29, 1.82) is 0 Å². The molecule has 35 heavy (non-hydrogen) atoms. The van der Waals surface area contributed by atoms with Crippen LogP contribution in [0.2, 0.25) is 5.02 Å². The van der Waals surface area contributed by atoms with Gasteiger partial charge in [0.25, 0.3) is 0 Å². The Morgan fingerprint density at radius 3 is 2.54 bits per heavy atom. The van der Waals surface area contributed by atoms with Crippen LogP contribution < -0.4 is 15.0 Å². The molecule has 1 N–H and O–H groups in total. The number of methoxy groups -OCH3 is 1. The minimum Gasteiger partial charge on any atom is -0.495 e. The van der Waals surface area contributed by atoms with Crippen LogP contribution >= 0.6 is 23.8 Å². The topological polar surface area (TPSA) is 55.2 Å². The zero-order valence-electron chi connectivity index (χ0n) is 19.8. The monoisotopic (exact) mass is 503 g/mol. The molecule has 1 fully saturated rings. The lowest BCUT2D eigenvalue weighted by molar-refractivity contribution is 0.415. The summed E-state index contributed by atoms with van der Waals surface area (Å²) in [5.41, 5.74) is 6.58. The molecular weight excluding hydrogens is 478 g/mol. The number of rotatable bonds is 6. The molecule has 5 rings (SSSR count). The van der Waals surface area contributed by atoms with Crippen molar-refractivity contribution in [1.82, 2.24) is 19.9 Å². The van der Waals surface area contributed by atoms with Crippen LogP contribution in [0.25, 0.3) is 0 Å². The Labute approximate surface area is 215 Å². The smallest absolute Gasteiger partial charge is 0.174 e. The number of aryl methyl sites for hydroxylation is 1. The summed E-state index contributed by atoms with van der Waals surface area (Å²) in [6, 6.07) is 17.8. The minimum absolute atomic E-state index is 0.112. The summed E-state index contributed by atoms with van der Waals surface area (Å²) in [6.45, 7) is 5.08. The molecule has 3 aromatic heterocycles. The zero-order valence-corrected chi connectivity index (χ0v) is 21.3. The van der Waals surface area contributed by atoms with Crippen molar-refractivity contribution in [2.45, 2.75) is 32.5 Å². The van der Waals surface area contributed by atoms with E-state index in [1.165, 1.54) is 22.5 Å². The van der Waals surface area contributed by atoms with Gasteiger partial charge in [-0.05, 0) is 85.7 Å². The first-order valence-corrected chi connectivity index (χ1v) is 12.2. The second-order valence-electron chi connectivity index (χ2n) is 8.58. The molecule has 178 valence electrons. The van der Waals surface area contributed by atoms with Gasteiger partial charge in [-0.25, -0.2) is 0 Å². The van der Waals surface area contributed by atoms with Crippen LogP contribution in [0.15, 0.2) is 73.2 Å². The van der Waals surface area contributed by atoms with E-state index >= 15 is 0 Å². The van der Waals surface area contributed by atoms with E-state index < -0.39 is 0 Å². The molecular formula is C27H26ClN5OS.